The summed E-state index contributed by atoms with van der Waals surface area (Å²) in [6.07, 6.45) is 4.41. The van der Waals surface area contributed by atoms with Crippen molar-refractivity contribution >= 4 is 45.7 Å². The van der Waals surface area contributed by atoms with Crippen molar-refractivity contribution in [2.75, 3.05) is 50.6 Å². The van der Waals surface area contributed by atoms with Gasteiger partial charge >= 0.3 is 0 Å². The number of aromatic amines is 1. The quantitative estimate of drug-likeness (QED) is 0.173. The summed E-state index contributed by atoms with van der Waals surface area (Å²) in [5.74, 6) is 1.69. The van der Waals surface area contributed by atoms with E-state index in [0.29, 0.717) is 57.9 Å². The number of aliphatic hydroxyl groups is 1. The number of aromatic nitrogens is 4. The summed E-state index contributed by atoms with van der Waals surface area (Å²) in [6, 6.07) is 9.33. The van der Waals surface area contributed by atoms with Crippen molar-refractivity contribution < 1.29 is 23.8 Å². The summed E-state index contributed by atoms with van der Waals surface area (Å²) in [6.45, 7) is 3.77. The lowest BCUT2D eigenvalue weighted by atomic mass is 9.98. The molecule has 222 valence electrons. The molecule has 0 unspecified atom stereocenters. The van der Waals surface area contributed by atoms with Gasteiger partial charge in [-0.3, -0.25) is 9.89 Å². The fourth-order valence-electron chi connectivity index (χ4n) is 4.89. The summed E-state index contributed by atoms with van der Waals surface area (Å²) in [5, 5.41) is 22.9. The molecule has 5 rings (SSSR count). The highest BCUT2D eigenvalue weighted by molar-refractivity contribution is 6.31. The Labute approximate surface area is 247 Å². The van der Waals surface area contributed by atoms with Crippen molar-refractivity contribution in [3.63, 3.8) is 0 Å². The summed E-state index contributed by atoms with van der Waals surface area (Å²) in [5.41, 5.74) is 1.63. The van der Waals surface area contributed by atoms with E-state index in [4.69, 9.17) is 21.1 Å². The fourth-order valence-corrected chi connectivity index (χ4v) is 5.07. The molecule has 13 heteroatoms. The number of ether oxygens (including phenoxy) is 2. The first kappa shape index (κ1) is 29.5. The number of hydrogen-bond acceptors (Lipinski definition) is 9. The third-order valence-corrected chi connectivity index (χ3v) is 7.48. The van der Waals surface area contributed by atoms with Crippen LogP contribution in [0.25, 0.3) is 10.9 Å². The number of fused-ring (bicyclic) bond motifs is 1. The van der Waals surface area contributed by atoms with Crippen LogP contribution in [-0.2, 0) is 11.2 Å². The summed E-state index contributed by atoms with van der Waals surface area (Å²) in [4.78, 5) is 23.6. The van der Waals surface area contributed by atoms with E-state index in [1.807, 2.05) is 12.1 Å². The Kier molecular flexibility index (Phi) is 9.67. The average molecular weight is 598 g/mol. The molecular weight excluding hydrogens is 565 g/mol. The van der Waals surface area contributed by atoms with E-state index < -0.39 is 5.82 Å². The summed E-state index contributed by atoms with van der Waals surface area (Å²) >= 11 is 5.79. The predicted octanol–water partition coefficient (Wildman–Crippen LogP) is 4.55. The number of amides is 1. The van der Waals surface area contributed by atoms with Gasteiger partial charge in [0.15, 0.2) is 17.3 Å². The van der Waals surface area contributed by atoms with Crippen LogP contribution >= 0.6 is 11.6 Å². The van der Waals surface area contributed by atoms with Crippen molar-refractivity contribution in [3.8, 4) is 11.5 Å². The average Bonchev–Trinajstić information content (AvgIpc) is 3.43. The van der Waals surface area contributed by atoms with Gasteiger partial charge in [0.1, 0.15) is 18.0 Å². The highest BCUT2D eigenvalue weighted by Crippen LogP contribution is 2.34. The van der Waals surface area contributed by atoms with Gasteiger partial charge in [-0.25, -0.2) is 14.4 Å². The normalized spacial score (nSPS) is 14.2. The number of nitrogens with zero attached hydrogens (tertiary/aromatic N) is 4. The monoisotopic (exact) mass is 597 g/mol. The number of benzene rings is 2. The molecule has 0 atom stereocenters. The van der Waals surface area contributed by atoms with Crippen molar-refractivity contribution in [1.29, 1.82) is 0 Å². The van der Waals surface area contributed by atoms with Gasteiger partial charge in [0.25, 0.3) is 0 Å². The van der Waals surface area contributed by atoms with Gasteiger partial charge in [0, 0.05) is 42.1 Å². The number of likely N-dealkylation sites (tertiary alicyclic amines) is 1. The zero-order valence-electron chi connectivity index (χ0n) is 23.2. The number of rotatable bonds is 12. The van der Waals surface area contributed by atoms with E-state index in [-0.39, 0.29) is 24.0 Å². The van der Waals surface area contributed by atoms with E-state index in [2.05, 4.69) is 35.7 Å². The molecule has 2 aromatic carbocycles. The van der Waals surface area contributed by atoms with Crippen LogP contribution in [0.4, 0.5) is 21.7 Å². The van der Waals surface area contributed by atoms with Crippen LogP contribution in [0.15, 0.2) is 42.7 Å². The molecule has 1 aliphatic rings. The summed E-state index contributed by atoms with van der Waals surface area (Å²) in [7, 11) is 1.58. The lowest BCUT2D eigenvalue weighted by molar-refractivity contribution is -0.115. The van der Waals surface area contributed by atoms with Crippen LogP contribution < -0.4 is 20.1 Å². The third kappa shape index (κ3) is 7.44. The fraction of sp³-hybridized carbons (Fsp3) is 0.379. The first-order valence-corrected chi connectivity index (χ1v) is 14.1. The van der Waals surface area contributed by atoms with Gasteiger partial charge in [0.2, 0.25) is 5.91 Å². The lowest BCUT2D eigenvalue weighted by Crippen LogP contribution is -2.35. The molecule has 0 bridgehead atoms. The molecule has 2 aromatic heterocycles. The Bertz CT molecular complexity index is 1530. The topological polar surface area (TPSA) is 138 Å². The molecule has 1 aliphatic heterocycles. The minimum Gasteiger partial charge on any atom is -0.493 e. The van der Waals surface area contributed by atoms with Crippen molar-refractivity contribution in [2.45, 2.75) is 25.7 Å². The molecule has 0 radical (unpaired) electrons. The van der Waals surface area contributed by atoms with E-state index in [1.165, 1.54) is 24.5 Å². The second-order valence-corrected chi connectivity index (χ2v) is 10.6. The molecular formula is C29H33ClFN7O4. The van der Waals surface area contributed by atoms with Gasteiger partial charge in [-0.05, 0) is 62.5 Å². The molecule has 4 N–H and O–H groups in total. The van der Waals surface area contributed by atoms with E-state index in [0.717, 1.165) is 38.9 Å². The van der Waals surface area contributed by atoms with Crippen LogP contribution in [0, 0.1) is 11.7 Å². The lowest BCUT2D eigenvalue weighted by Gasteiger charge is -2.30. The second kappa shape index (κ2) is 13.8. The van der Waals surface area contributed by atoms with Gasteiger partial charge in [-0.15, -0.1) is 0 Å². The number of anilines is 3. The number of aliphatic hydroxyl groups excluding tert-OH is 1. The van der Waals surface area contributed by atoms with E-state index >= 15 is 0 Å². The number of methoxy groups -OCH3 is 1. The zero-order chi connectivity index (χ0) is 29.5. The maximum Gasteiger partial charge on any atom is 0.230 e. The van der Waals surface area contributed by atoms with Gasteiger partial charge in [-0.2, -0.15) is 5.10 Å². The van der Waals surface area contributed by atoms with Crippen LogP contribution in [0.2, 0.25) is 5.02 Å². The van der Waals surface area contributed by atoms with Crippen LogP contribution in [0.3, 0.4) is 0 Å². The molecule has 3 heterocycles. The number of nitrogens with one attached hydrogen (secondary N) is 3. The highest BCUT2D eigenvalue weighted by atomic mass is 35.5. The van der Waals surface area contributed by atoms with Gasteiger partial charge in [0.05, 0.1) is 30.7 Å². The predicted molar refractivity (Wildman–Crippen MR) is 158 cm³/mol. The third-order valence-electron chi connectivity index (χ3n) is 7.19. The molecule has 1 amide bonds. The Balaban J connectivity index is 1.19. The minimum absolute atomic E-state index is 0.0175. The Hall–Kier alpha value is -4.00. The van der Waals surface area contributed by atoms with Gasteiger partial charge in [-0.1, -0.05) is 11.6 Å². The number of halogens is 2. The number of carbonyl (C=O) groups excluding carboxylic acids is 1. The van der Waals surface area contributed by atoms with E-state index in [9.17, 15) is 14.3 Å². The molecule has 4 aromatic rings. The number of hydrogen-bond donors (Lipinski definition) is 4. The zero-order valence-corrected chi connectivity index (χ0v) is 24.0. The number of H-pyrrole nitrogens is 1. The van der Waals surface area contributed by atoms with Crippen LogP contribution in [-0.4, -0.2) is 76.0 Å². The number of carbonyl (C=O) groups is 1. The maximum absolute atomic E-state index is 13.4. The van der Waals surface area contributed by atoms with Crippen molar-refractivity contribution in [3.05, 3.63) is 59.3 Å². The van der Waals surface area contributed by atoms with Crippen molar-refractivity contribution in [2.24, 2.45) is 5.92 Å². The molecule has 11 nitrogen and oxygen atoms in total. The molecule has 1 saturated heterocycles. The molecule has 0 spiro atoms. The SMILES string of the molecule is COc1cc2c(Nc3cc(CC(=O)Nc4ccc(F)c(Cl)c4)[nH]n3)ncnc2cc1OCCCN1CCC(CO)CC1. The first-order chi connectivity index (χ1) is 20.4. The minimum atomic E-state index is -0.556. The molecule has 0 aliphatic carbocycles. The Morgan fingerprint density at radius 2 is 2.02 bits per heavy atom. The maximum atomic E-state index is 13.4. The molecule has 1 fully saturated rings. The smallest absolute Gasteiger partial charge is 0.230 e. The van der Waals surface area contributed by atoms with Crippen molar-refractivity contribution in [1.82, 2.24) is 25.1 Å². The molecule has 42 heavy (non-hydrogen) atoms. The second-order valence-electron chi connectivity index (χ2n) is 10.2. The molecule has 0 saturated carbocycles. The Morgan fingerprint density at radius 3 is 2.79 bits per heavy atom. The summed E-state index contributed by atoms with van der Waals surface area (Å²) < 4.78 is 25.0. The van der Waals surface area contributed by atoms with Crippen LogP contribution in [0.5, 0.6) is 11.5 Å². The van der Waals surface area contributed by atoms with Crippen LogP contribution in [0.1, 0.15) is 25.0 Å². The highest BCUT2D eigenvalue weighted by Gasteiger charge is 2.18. The van der Waals surface area contributed by atoms with E-state index in [1.54, 1.807) is 13.2 Å². The largest absolute Gasteiger partial charge is 0.493 e. The Morgan fingerprint density at radius 1 is 1.19 bits per heavy atom. The van der Waals surface area contributed by atoms with Gasteiger partial charge < -0.3 is 30.1 Å². The standard InChI is InChI=1S/C29H33ClFN7O4/c1-41-25-14-21-24(15-26(25)42-10-2-7-38-8-5-18(16-39)6-9-38)32-17-33-29(21)35-27-12-20(36-37-27)13-28(40)34-19-3-4-23(31)22(30)11-19/h3-4,11-12,14-15,17-18,39H,2,5-10,13,16H2,1H3,(H,34,40)(H2,32,33,35,36,37). The first-order valence-electron chi connectivity index (χ1n) is 13.8. The number of piperidine rings is 1.